The Morgan fingerprint density at radius 1 is 1.50 bits per heavy atom. The molecule has 1 aliphatic rings. The molecule has 0 aliphatic carbocycles. The average molecular weight is 289 g/mol. The van der Waals surface area contributed by atoms with Crippen molar-refractivity contribution < 1.29 is 4.74 Å². The van der Waals surface area contributed by atoms with Crippen LogP contribution in [0, 0.1) is 0 Å². The molecule has 0 saturated carbocycles. The van der Waals surface area contributed by atoms with E-state index in [-0.39, 0.29) is 0 Å². The summed E-state index contributed by atoms with van der Waals surface area (Å²) in [5.41, 5.74) is 1.03. The molecular formula is C13H18Cl2N2O. The van der Waals surface area contributed by atoms with E-state index >= 15 is 0 Å². The van der Waals surface area contributed by atoms with E-state index in [0.717, 1.165) is 38.2 Å². The number of nitrogens with zero attached hydrogens (tertiary/aromatic N) is 2. The first-order valence-electron chi connectivity index (χ1n) is 6.33. The van der Waals surface area contributed by atoms with Crippen molar-refractivity contribution in [3.8, 4) is 0 Å². The molecule has 0 N–H and O–H groups in total. The number of hydrogen-bond acceptors (Lipinski definition) is 3. The van der Waals surface area contributed by atoms with Gasteiger partial charge >= 0.3 is 0 Å². The van der Waals surface area contributed by atoms with Crippen LogP contribution in [-0.4, -0.2) is 35.7 Å². The lowest BCUT2D eigenvalue weighted by molar-refractivity contribution is 0.00361. The number of pyridine rings is 1. The normalized spacial score (nSPS) is 21.2. The van der Waals surface area contributed by atoms with Crippen molar-refractivity contribution in [2.75, 3.05) is 19.7 Å². The fourth-order valence-electron chi connectivity index (χ4n) is 2.32. The van der Waals surface area contributed by atoms with Crippen LogP contribution in [0.2, 0.25) is 10.2 Å². The molecule has 1 unspecified atom stereocenters. The maximum Gasteiger partial charge on any atom is 0.130 e. The molecular weight excluding hydrogens is 271 g/mol. The van der Waals surface area contributed by atoms with Gasteiger partial charge in [0.2, 0.25) is 0 Å². The van der Waals surface area contributed by atoms with Crippen LogP contribution < -0.4 is 0 Å². The molecule has 0 spiro atoms. The van der Waals surface area contributed by atoms with Crippen molar-refractivity contribution in [1.82, 2.24) is 9.88 Å². The molecule has 100 valence electrons. The smallest absolute Gasteiger partial charge is 0.130 e. The first kappa shape index (κ1) is 14.1. The van der Waals surface area contributed by atoms with Crippen LogP contribution in [0.3, 0.4) is 0 Å². The molecule has 5 heteroatoms. The second kappa shape index (κ2) is 6.71. The number of likely N-dealkylation sites (tertiary alicyclic amines) is 1. The lowest BCUT2D eigenvalue weighted by atomic mass is 10.1. The van der Waals surface area contributed by atoms with Crippen LogP contribution in [-0.2, 0) is 11.3 Å². The molecule has 0 amide bonds. The monoisotopic (exact) mass is 288 g/mol. The summed E-state index contributed by atoms with van der Waals surface area (Å²) in [5.74, 6) is 0. The Kier molecular flexibility index (Phi) is 5.25. The maximum atomic E-state index is 6.16. The predicted octanol–water partition coefficient (Wildman–Crippen LogP) is 3.39. The minimum Gasteiger partial charge on any atom is -0.377 e. The van der Waals surface area contributed by atoms with Crippen LogP contribution >= 0.6 is 23.2 Å². The fourth-order valence-corrected chi connectivity index (χ4v) is 2.75. The molecule has 1 aliphatic heterocycles. The Labute approximate surface area is 118 Å². The number of rotatable bonds is 4. The molecule has 1 fully saturated rings. The Bertz CT molecular complexity index is 399. The standard InChI is InChI=1S/C13H18Cl2N2O/c1-2-18-11-4-3-5-17(9-11)8-10-7-16-13(15)6-12(10)14/h6-7,11H,2-5,8-9H2,1H3. The molecule has 1 aromatic rings. The van der Waals surface area contributed by atoms with Crippen LogP contribution in [0.25, 0.3) is 0 Å². The van der Waals surface area contributed by atoms with Gasteiger partial charge in [-0.05, 0) is 32.4 Å². The third kappa shape index (κ3) is 3.82. The van der Waals surface area contributed by atoms with Crippen molar-refractivity contribution in [2.24, 2.45) is 0 Å². The summed E-state index contributed by atoms with van der Waals surface area (Å²) >= 11 is 12.0. The highest BCUT2D eigenvalue weighted by atomic mass is 35.5. The minimum absolute atomic E-state index is 0.350. The van der Waals surface area contributed by atoms with Crippen LogP contribution in [0.4, 0.5) is 0 Å². The van der Waals surface area contributed by atoms with Gasteiger partial charge in [0.25, 0.3) is 0 Å². The number of ether oxygens (including phenoxy) is 1. The zero-order chi connectivity index (χ0) is 13.0. The van der Waals surface area contributed by atoms with Crippen molar-refractivity contribution in [3.05, 3.63) is 28.0 Å². The van der Waals surface area contributed by atoms with E-state index in [4.69, 9.17) is 27.9 Å². The van der Waals surface area contributed by atoms with E-state index in [1.807, 2.05) is 6.92 Å². The zero-order valence-electron chi connectivity index (χ0n) is 10.5. The van der Waals surface area contributed by atoms with Gasteiger partial charge in [0, 0.05) is 36.5 Å². The molecule has 18 heavy (non-hydrogen) atoms. The minimum atomic E-state index is 0.350. The van der Waals surface area contributed by atoms with Gasteiger partial charge in [-0.1, -0.05) is 23.2 Å². The highest BCUT2D eigenvalue weighted by Gasteiger charge is 2.20. The lowest BCUT2D eigenvalue weighted by Gasteiger charge is -2.32. The highest BCUT2D eigenvalue weighted by Crippen LogP contribution is 2.22. The van der Waals surface area contributed by atoms with Crippen LogP contribution in [0.5, 0.6) is 0 Å². The van der Waals surface area contributed by atoms with Gasteiger partial charge in [-0.2, -0.15) is 0 Å². The Morgan fingerprint density at radius 3 is 3.06 bits per heavy atom. The average Bonchev–Trinajstić information content (AvgIpc) is 2.34. The first-order chi connectivity index (χ1) is 8.69. The second-order valence-corrected chi connectivity index (χ2v) is 5.35. The van der Waals surface area contributed by atoms with Crippen molar-refractivity contribution in [3.63, 3.8) is 0 Å². The van der Waals surface area contributed by atoms with Gasteiger partial charge in [-0.3, -0.25) is 4.90 Å². The van der Waals surface area contributed by atoms with Gasteiger partial charge in [0.05, 0.1) is 6.10 Å². The molecule has 0 radical (unpaired) electrons. The number of halogens is 2. The van der Waals surface area contributed by atoms with Crippen LogP contribution in [0.1, 0.15) is 25.3 Å². The second-order valence-electron chi connectivity index (χ2n) is 4.55. The summed E-state index contributed by atoms with van der Waals surface area (Å²) in [6.07, 6.45) is 4.43. The van der Waals surface area contributed by atoms with E-state index in [0.29, 0.717) is 16.3 Å². The van der Waals surface area contributed by atoms with E-state index < -0.39 is 0 Å². The molecule has 1 aromatic heterocycles. The van der Waals surface area contributed by atoms with E-state index in [1.54, 1.807) is 12.3 Å². The summed E-state index contributed by atoms with van der Waals surface area (Å²) in [6, 6.07) is 1.70. The van der Waals surface area contributed by atoms with Crippen molar-refractivity contribution in [1.29, 1.82) is 0 Å². The molecule has 1 saturated heterocycles. The SMILES string of the molecule is CCOC1CCCN(Cc2cnc(Cl)cc2Cl)C1. The maximum absolute atomic E-state index is 6.16. The number of aromatic nitrogens is 1. The van der Waals surface area contributed by atoms with E-state index in [2.05, 4.69) is 9.88 Å². The molecule has 2 rings (SSSR count). The van der Waals surface area contributed by atoms with Gasteiger partial charge in [0.15, 0.2) is 0 Å². The predicted molar refractivity (Wildman–Crippen MR) is 74.2 cm³/mol. The summed E-state index contributed by atoms with van der Waals surface area (Å²) in [5, 5.41) is 1.13. The van der Waals surface area contributed by atoms with Crippen molar-refractivity contribution in [2.45, 2.75) is 32.4 Å². The summed E-state index contributed by atoms with van der Waals surface area (Å²) in [7, 11) is 0. The third-order valence-electron chi connectivity index (χ3n) is 3.15. The summed E-state index contributed by atoms with van der Waals surface area (Å²) < 4.78 is 5.69. The Balaban J connectivity index is 1.96. The number of piperidine rings is 1. The largest absolute Gasteiger partial charge is 0.377 e. The lowest BCUT2D eigenvalue weighted by Crippen LogP contribution is -2.39. The topological polar surface area (TPSA) is 25.4 Å². The zero-order valence-corrected chi connectivity index (χ0v) is 12.0. The quantitative estimate of drug-likeness (QED) is 0.794. The summed E-state index contributed by atoms with van der Waals surface area (Å²) in [6.45, 7) is 5.68. The molecule has 0 aromatic carbocycles. The molecule has 3 nitrogen and oxygen atoms in total. The molecule has 0 bridgehead atoms. The van der Waals surface area contributed by atoms with Gasteiger partial charge in [-0.25, -0.2) is 4.98 Å². The Morgan fingerprint density at radius 2 is 2.33 bits per heavy atom. The molecule has 1 atom stereocenters. The van der Waals surface area contributed by atoms with Gasteiger partial charge in [0.1, 0.15) is 5.15 Å². The third-order valence-corrected chi connectivity index (χ3v) is 3.71. The summed E-state index contributed by atoms with van der Waals surface area (Å²) in [4.78, 5) is 6.45. The first-order valence-corrected chi connectivity index (χ1v) is 7.08. The fraction of sp³-hybridized carbons (Fsp3) is 0.615. The highest BCUT2D eigenvalue weighted by molar-refractivity contribution is 6.34. The number of hydrogen-bond donors (Lipinski definition) is 0. The van der Waals surface area contributed by atoms with E-state index in [1.165, 1.54) is 6.42 Å². The van der Waals surface area contributed by atoms with E-state index in [9.17, 15) is 0 Å². The molecule has 2 heterocycles. The van der Waals surface area contributed by atoms with Crippen molar-refractivity contribution >= 4 is 23.2 Å². The van der Waals surface area contributed by atoms with Gasteiger partial charge in [-0.15, -0.1) is 0 Å². The van der Waals surface area contributed by atoms with Gasteiger partial charge < -0.3 is 4.74 Å². The van der Waals surface area contributed by atoms with Crippen LogP contribution in [0.15, 0.2) is 12.3 Å². The Hall–Kier alpha value is -0.350.